The van der Waals surface area contributed by atoms with Gasteiger partial charge in [0.15, 0.2) is 0 Å². The van der Waals surface area contributed by atoms with Gasteiger partial charge in [-0.2, -0.15) is 13.2 Å². The summed E-state index contributed by atoms with van der Waals surface area (Å²) in [5, 5.41) is 7.67. The van der Waals surface area contributed by atoms with Crippen molar-refractivity contribution in [2.24, 2.45) is 0 Å². The van der Waals surface area contributed by atoms with E-state index in [1.165, 1.54) is 26.2 Å². The molecule has 0 unspecified atom stereocenters. The molecule has 0 saturated carbocycles. The largest absolute Gasteiger partial charge is 0.496 e. The number of rotatable bonds is 4. The lowest BCUT2D eigenvalue weighted by Gasteiger charge is -2.29. The van der Waals surface area contributed by atoms with Crippen molar-refractivity contribution < 1.29 is 27.5 Å². The number of methoxy groups -OCH3 is 1. The smallest absolute Gasteiger partial charge is 0.416 e. The standard InChI is InChI=1S/C20H17BrF3N3O3/c1-10-16(18(28)26-13-5-3-4-11(8-13)20(22,23)24)17(27-19(29)25-10)14-9-12(21)6-7-15(14)30-2/h3-9,17H,1-2H3,(H,26,28)(H2,25,27,29)/t17-/m1/s1. The van der Waals surface area contributed by atoms with Gasteiger partial charge in [0.2, 0.25) is 0 Å². The quantitative estimate of drug-likeness (QED) is 0.587. The molecule has 3 N–H and O–H groups in total. The average Bonchev–Trinajstić information content (AvgIpc) is 2.66. The van der Waals surface area contributed by atoms with Crippen LogP contribution in [0.3, 0.4) is 0 Å². The minimum Gasteiger partial charge on any atom is -0.496 e. The van der Waals surface area contributed by atoms with Gasteiger partial charge in [-0.25, -0.2) is 4.79 Å². The third-order valence-electron chi connectivity index (χ3n) is 4.46. The summed E-state index contributed by atoms with van der Waals surface area (Å²) in [6.07, 6.45) is -4.54. The first kappa shape index (κ1) is 21.7. The van der Waals surface area contributed by atoms with E-state index >= 15 is 0 Å². The number of allylic oxidation sites excluding steroid dienone is 1. The number of amides is 3. The summed E-state index contributed by atoms with van der Waals surface area (Å²) in [5.41, 5.74) is 0.0206. The van der Waals surface area contributed by atoms with Crippen LogP contribution in [0.25, 0.3) is 0 Å². The second-order valence-electron chi connectivity index (χ2n) is 6.49. The molecule has 1 atom stereocenters. The van der Waals surface area contributed by atoms with E-state index < -0.39 is 29.7 Å². The molecule has 0 radical (unpaired) electrons. The number of carbonyl (C=O) groups excluding carboxylic acids is 2. The Morgan fingerprint density at radius 3 is 2.60 bits per heavy atom. The average molecular weight is 484 g/mol. The number of benzene rings is 2. The number of hydrogen-bond donors (Lipinski definition) is 3. The first-order valence-electron chi connectivity index (χ1n) is 8.70. The van der Waals surface area contributed by atoms with Crippen LogP contribution in [0.4, 0.5) is 23.7 Å². The molecule has 3 amide bonds. The topological polar surface area (TPSA) is 79.5 Å². The summed E-state index contributed by atoms with van der Waals surface area (Å²) in [6.45, 7) is 1.54. The van der Waals surface area contributed by atoms with E-state index in [2.05, 4.69) is 31.9 Å². The maximum absolute atomic E-state index is 13.0. The number of halogens is 4. The molecule has 6 nitrogen and oxygen atoms in total. The van der Waals surface area contributed by atoms with Gasteiger partial charge >= 0.3 is 12.2 Å². The highest BCUT2D eigenvalue weighted by atomic mass is 79.9. The van der Waals surface area contributed by atoms with E-state index in [0.717, 1.165) is 12.1 Å². The summed E-state index contributed by atoms with van der Waals surface area (Å²) in [7, 11) is 1.45. The first-order chi connectivity index (χ1) is 14.1. The van der Waals surface area contributed by atoms with E-state index in [9.17, 15) is 22.8 Å². The highest BCUT2D eigenvalue weighted by molar-refractivity contribution is 9.10. The predicted octanol–water partition coefficient (Wildman–Crippen LogP) is 4.74. The second-order valence-corrected chi connectivity index (χ2v) is 7.40. The Morgan fingerprint density at radius 2 is 1.93 bits per heavy atom. The third-order valence-corrected chi connectivity index (χ3v) is 4.96. The highest BCUT2D eigenvalue weighted by Crippen LogP contribution is 2.36. The highest BCUT2D eigenvalue weighted by Gasteiger charge is 2.34. The molecule has 2 aromatic rings. The van der Waals surface area contributed by atoms with E-state index in [-0.39, 0.29) is 17.0 Å². The van der Waals surface area contributed by atoms with Crippen molar-refractivity contribution in [2.75, 3.05) is 12.4 Å². The Kier molecular flexibility index (Phi) is 6.06. The molecule has 0 aliphatic carbocycles. The molecule has 0 saturated heterocycles. The summed E-state index contributed by atoms with van der Waals surface area (Å²) in [5.74, 6) is -0.228. The minimum absolute atomic E-state index is 0.0213. The van der Waals surface area contributed by atoms with Crippen LogP contribution in [0.15, 0.2) is 58.2 Å². The number of urea groups is 1. The van der Waals surface area contributed by atoms with Gasteiger partial charge < -0.3 is 20.7 Å². The van der Waals surface area contributed by atoms with E-state index in [4.69, 9.17) is 4.74 Å². The summed E-state index contributed by atoms with van der Waals surface area (Å²) < 4.78 is 45.0. The molecule has 2 aromatic carbocycles. The molecular weight excluding hydrogens is 467 g/mol. The molecule has 158 valence electrons. The number of anilines is 1. The normalized spacial score (nSPS) is 16.6. The molecule has 30 heavy (non-hydrogen) atoms. The van der Waals surface area contributed by atoms with Gasteiger partial charge in [0.1, 0.15) is 5.75 Å². The number of nitrogens with one attached hydrogen (secondary N) is 3. The van der Waals surface area contributed by atoms with Crippen LogP contribution in [0.2, 0.25) is 0 Å². The Hall–Kier alpha value is -3.01. The van der Waals surface area contributed by atoms with Crippen LogP contribution in [0, 0.1) is 0 Å². The fourth-order valence-corrected chi connectivity index (χ4v) is 3.51. The van der Waals surface area contributed by atoms with Crippen LogP contribution < -0.4 is 20.7 Å². The molecule has 0 aromatic heterocycles. The van der Waals surface area contributed by atoms with Crippen molar-refractivity contribution >= 4 is 33.6 Å². The monoisotopic (exact) mass is 483 g/mol. The summed E-state index contributed by atoms with van der Waals surface area (Å²) >= 11 is 3.35. The molecule has 0 fully saturated rings. The van der Waals surface area contributed by atoms with Crippen LogP contribution in [0.1, 0.15) is 24.1 Å². The molecule has 10 heteroatoms. The van der Waals surface area contributed by atoms with Crippen LogP contribution in [-0.2, 0) is 11.0 Å². The molecule has 1 heterocycles. The SMILES string of the molecule is COc1ccc(Br)cc1[C@H]1NC(=O)NC(C)=C1C(=O)Nc1cccc(C(F)(F)F)c1. The molecule has 0 bridgehead atoms. The minimum atomic E-state index is -4.54. The van der Waals surface area contributed by atoms with Crippen LogP contribution in [0.5, 0.6) is 5.75 Å². The van der Waals surface area contributed by atoms with Crippen molar-refractivity contribution in [3.63, 3.8) is 0 Å². The zero-order valence-corrected chi connectivity index (χ0v) is 17.4. The van der Waals surface area contributed by atoms with E-state index in [0.29, 0.717) is 15.8 Å². The Morgan fingerprint density at radius 1 is 1.20 bits per heavy atom. The number of alkyl halides is 3. The zero-order valence-electron chi connectivity index (χ0n) is 15.9. The Balaban J connectivity index is 1.99. The number of ether oxygens (including phenoxy) is 1. The number of carbonyl (C=O) groups is 2. The lowest BCUT2D eigenvalue weighted by Crippen LogP contribution is -2.46. The molecule has 1 aliphatic rings. The van der Waals surface area contributed by atoms with Crippen molar-refractivity contribution in [1.29, 1.82) is 0 Å². The van der Waals surface area contributed by atoms with Gasteiger partial charge in [0.05, 0.1) is 24.3 Å². The van der Waals surface area contributed by atoms with Gasteiger partial charge in [-0.15, -0.1) is 0 Å². The van der Waals surface area contributed by atoms with E-state index in [1.807, 2.05) is 0 Å². The molecule has 3 rings (SSSR count). The molecule has 0 spiro atoms. The van der Waals surface area contributed by atoms with Crippen molar-refractivity contribution in [1.82, 2.24) is 10.6 Å². The van der Waals surface area contributed by atoms with Gasteiger partial charge in [-0.1, -0.05) is 22.0 Å². The molecule has 1 aliphatic heterocycles. The fraction of sp³-hybridized carbons (Fsp3) is 0.200. The fourth-order valence-electron chi connectivity index (χ4n) is 3.13. The predicted molar refractivity (Wildman–Crippen MR) is 108 cm³/mol. The first-order valence-corrected chi connectivity index (χ1v) is 9.49. The Bertz CT molecular complexity index is 1040. The maximum atomic E-state index is 13.0. The van der Waals surface area contributed by atoms with Gasteiger partial charge in [0, 0.05) is 21.4 Å². The van der Waals surface area contributed by atoms with Gasteiger partial charge in [0.25, 0.3) is 5.91 Å². The lowest BCUT2D eigenvalue weighted by atomic mass is 9.94. The van der Waals surface area contributed by atoms with Gasteiger partial charge in [-0.05, 0) is 43.3 Å². The van der Waals surface area contributed by atoms with Crippen molar-refractivity contribution in [3.05, 3.63) is 69.3 Å². The van der Waals surface area contributed by atoms with Gasteiger partial charge in [-0.3, -0.25) is 4.79 Å². The van der Waals surface area contributed by atoms with Crippen LogP contribution in [-0.4, -0.2) is 19.0 Å². The van der Waals surface area contributed by atoms with E-state index in [1.54, 1.807) is 18.2 Å². The zero-order chi connectivity index (χ0) is 22.1. The van der Waals surface area contributed by atoms with Crippen molar-refractivity contribution in [3.8, 4) is 5.75 Å². The maximum Gasteiger partial charge on any atom is 0.416 e. The van der Waals surface area contributed by atoms with Crippen LogP contribution >= 0.6 is 15.9 Å². The summed E-state index contributed by atoms with van der Waals surface area (Å²) in [4.78, 5) is 25.1. The summed E-state index contributed by atoms with van der Waals surface area (Å²) in [6, 6.07) is 8.03. The molecular formula is C20H17BrF3N3O3. The lowest BCUT2D eigenvalue weighted by molar-refractivity contribution is -0.137. The Labute approximate surface area is 178 Å². The second kappa shape index (κ2) is 8.39. The third kappa shape index (κ3) is 4.59. The number of hydrogen-bond acceptors (Lipinski definition) is 3. The van der Waals surface area contributed by atoms with Crippen molar-refractivity contribution in [2.45, 2.75) is 19.1 Å².